The van der Waals surface area contributed by atoms with Gasteiger partial charge in [-0.25, -0.2) is 0 Å². The molecule has 0 bridgehead atoms. The third-order valence-electron chi connectivity index (χ3n) is 4.16. The summed E-state index contributed by atoms with van der Waals surface area (Å²) in [7, 11) is 0. The van der Waals surface area contributed by atoms with E-state index in [9.17, 15) is 4.79 Å². The first kappa shape index (κ1) is 15.2. The van der Waals surface area contributed by atoms with Crippen LogP contribution >= 0.6 is 0 Å². The minimum Gasteiger partial charge on any atom is -0.457 e. The molecule has 3 heteroatoms. The predicted octanol–water partition coefficient (Wildman–Crippen LogP) is 5.27. The Balaban J connectivity index is 1.71. The third kappa shape index (κ3) is 2.92. The van der Waals surface area contributed by atoms with Gasteiger partial charge in [0.05, 0.1) is 5.69 Å². The first-order chi connectivity index (χ1) is 12.2. The van der Waals surface area contributed by atoms with E-state index in [0.29, 0.717) is 17.0 Å². The van der Waals surface area contributed by atoms with Gasteiger partial charge in [-0.15, -0.1) is 0 Å². The molecule has 2 aromatic heterocycles. The van der Waals surface area contributed by atoms with E-state index in [0.717, 1.165) is 16.8 Å². The monoisotopic (exact) mass is 327 g/mol. The maximum Gasteiger partial charge on any atom is 0.210 e. The van der Waals surface area contributed by atoms with Crippen LogP contribution in [0.3, 0.4) is 0 Å². The standard InChI is InChI=1S/C22H17NO2/c1-16-14-18-9-5-6-13-23(18)21(16)22(24)17-8-7-12-20(15-17)25-19-10-3-2-4-11-19/h2-15H,1H3. The van der Waals surface area contributed by atoms with Gasteiger partial charge in [0.25, 0.3) is 0 Å². The molecule has 2 aromatic carbocycles. The lowest BCUT2D eigenvalue weighted by molar-refractivity contribution is 0.103. The number of ether oxygens (including phenoxy) is 1. The number of para-hydroxylation sites is 1. The third-order valence-corrected chi connectivity index (χ3v) is 4.16. The number of carbonyl (C=O) groups is 1. The molecule has 4 rings (SSSR count). The fraction of sp³-hybridized carbons (Fsp3) is 0.0455. The number of fused-ring (bicyclic) bond motifs is 1. The number of rotatable bonds is 4. The van der Waals surface area contributed by atoms with Crippen molar-refractivity contribution in [1.29, 1.82) is 0 Å². The number of ketones is 1. The van der Waals surface area contributed by atoms with Crippen LogP contribution in [0.25, 0.3) is 5.52 Å². The van der Waals surface area contributed by atoms with Gasteiger partial charge in [-0.1, -0.05) is 36.4 Å². The minimum atomic E-state index is -0.0118. The maximum absolute atomic E-state index is 13.1. The summed E-state index contributed by atoms with van der Waals surface area (Å²) in [4.78, 5) is 13.1. The van der Waals surface area contributed by atoms with E-state index >= 15 is 0 Å². The van der Waals surface area contributed by atoms with E-state index in [1.165, 1.54) is 0 Å². The van der Waals surface area contributed by atoms with Crippen molar-refractivity contribution in [2.75, 3.05) is 0 Å². The number of pyridine rings is 1. The number of nitrogens with zero attached hydrogens (tertiary/aromatic N) is 1. The summed E-state index contributed by atoms with van der Waals surface area (Å²) in [5, 5.41) is 0. The van der Waals surface area contributed by atoms with E-state index < -0.39 is 0 Å². The highest BCUT2D eigenvalue weighted by Gasteiger charge is 2.17. The van der Waals surface area contributed by atoms with E-state index in [2.05, 4.69) is 0 Å². The van der Waals surface area contributed by atoms with Crippen LogP contribution in [0.2, 0.25) is 0 Å². The molecule has 0 radical (unpaired) electrons. The lowest BCUT2D eigenvalue weighted by Gasteiger charge is -2.08. The Bertz CT molecular complexity index is 1050. The molecule has 3 nitrogen and oxygen atoms in total. The predicted molar refractivity (Wildman–Crippen MR) is 98.5 cm³/mol. The lowest BCUT2D eigenvalue weighted by atomic mass is 10.1. The molecular formula is C22H17NO2. The molecule has 25 heavy (non-hydrogen) atoms. The molecule has 0 unspecified atom stereocenters. The number of benzene rings is 2. The van der Waals surface area contributed by atoms with Gasteiger partial charge in [0, 0.05) is 17.3 Å². The Morgan fingerprint density at radius 3 is 2.44 bits per heavy atom. The van der Waals surface area contributed by atoms with Crippen molar-refractivity contribution in [3.63, 3.8) is 0 Å². The van der Waals surface area contributed by atoms with Crippen LogP contribution in [0, 0.1) is 6.92 Å². The molecule has 0 saturated heterocycles. The van der Waals surface area contributed by atoms with Crippen molar-refractivity contribution in [2.24, 2.45) is 0 Å². The SMILES string of the molecule is Cc1cc2ccccn2c1C(=O)c1cccc(Oc2ccccc2)c1. The molecule has 2 heterocycles. The zero-order valence-corrected chi connectivity index (χ0v) is 13.8. The average molecular weight is 327 g/mol. The molecule has 0 N–H and O–H groups in total. The van der Waals surface area contributed by atoms with Gasteiger partial charge in [0.2, 0.25) is 5.78 Å². The van der Waals surface area contributed by atoms with Crippen molar-refractivity contribution >= 4 is 11.3 Å². The van der Waals surface area contributed by atoms with Crippen LogP contribution in [0.5, 0.6) is 11.5 Å². The minimum absolute atomic E-state index is 0.0118. The summed E-state index contributed by atoms with van der Waals surface area (Å²) in [6.45, 7) is 1.96. The van der Waals surface area contributed by atoms with Gasteiger partial charge in [-0.3, -0.25) is 4.79 Å². The average Bonchev–Trinajstić information content (AvgIpc) is 2.98. The first-order valence-electron chi connectivity index (χ1n) is 8.17. The summed E-state index contributed by atoms with van der Waals surface area (Å²) in [6.07, 6.45) is 1.92. The molecule has 4 aromatic rings. The van der Waals surface area contributed by atoms with Gasteiger partial charge in [-0.2, -0.15) is 0 Å². The highest BCUT2D eigenvalue weighted by atomic mass is 16.5. The Morgan fingerprint density at radius 1 is 0.840 bits per heavy atom. The smallest absolute Gasteiger partial charge is 0.210 e. The molecule has 0 spiro atoms. The summed E-state index contributed by atoms with van der Waals surface area (Å²) >= 11 is 0. The fourth-order valence-corrected chi connectivity index (χ4v) is 3.01. The van der Waals surface area contributed by atoms with Crippen molar-refractivity contribution < 1.29 is 9.53 Å². The van der Waals surface area contributed by atoms with Gasteiger partial charge < -0.3 is 9.14 Å². The number of aromatic nitrogens is 1. The van der Waals surface area contributed by atoms with E-state index in [1.807, 2.05) is 90.3 Å². The van der Waals surface area contributed by atoms with Crippen molar-refractivity contribution in [2.45, 2.75) is 6.92 Å². The normalized spacial score (nSPS) is 10.8. The van der Waals surface area contributed by atoms with Crippen molar-refractivity contribution in [3.8, 4) is 11.5 Å². The first-order valence-corrected chi connectivity index (χ1v) is 8.17. The van der Waals surface area contributed by atoms with Gasteiger partial charge in [0.1, 0.15) is 11.5 Å². The lowest BCUT2D eigenvalue weighted by Crippen LogP contribution is -2.07. The molecular weight excluding hydrogens is 310 g/mol. The quantitative estimate of drug-likeness (QED) is 0.478. The zero-order chi connectivity index (χ0) is 17.2. The number of aryl methyl sites for hydroxylation is 1. The summed E-state index contributed by atoms with van der Waals surface area (Å²) in [5.74, 6) is 1.38. The van der Waals surface area contributed by atoms with E-state index in [4.69, 9.17) is 4.74 Å². The fourth-order valence-electron chi connectivity index (χ4n) is 3.01. The number of hydrogen-bond acceptors (Lipinski definition) is 2. The van der Waals surface area contributed by atoms with Crippen LogP contribution in [-0.2, 0) is 0 Å². The van der Waals surface area contributed by atoms with Crippen LogP contribution in [-0.4, -0.2) is 10.2 Å². The summed E-state index contributed by atoms with van der Waals surface area (Å²) < 4.78 is 7.78. The Morgan fingerprint density at radius 2 is 1.60 bits per heavy atom. The van der Waals surface area contributed by atoms with Gasteiger partial charge >= 0.3 is 0 Å². The molecule has 0 saturated carbocycles. The molecule has 0 aliphatic carbocycles. The molecule has 0 aliphatic heterocycles. The zero-order valence-electron chi connectivity index (χ0n) is 13.8. The molecule has 0 amide bonds. The van der Waals surface area contributed by atoms with Crippen LogP contribution in [0.15, 0.2) is 85.1 Å². The van der Waals surface area contributed by atoms with Crippen LogP contribution < -0.4 is 4.74 Å². The second-order valence-electron chi connectivity index (χ2n) is 5.94. The van der Waals surface area contributed by atoms with Crippen LogP contribution in [0.1, 0.15) is 21.6 Å². The van der Waals surface area contributed by atoms with E-state index in [1.54, 1.807) is 6.07 Å². The molecule has 0 aliphatic rings. The number of hydrogen-bond donors (Lipinski definition) is 0. The Kier molecular flexibility index (Phi) is 3.82. The van der Waals surface area contributed by atoms with Crippen molar-refractivity contribution in [1.82, 2.24) is 4.40 Å². The summed E-state index contributed by atoms with van der Waals surface area (Å²) in [5.41, 5.74) is 3.28. The maximum atomic E-state index is 13.1. The molecule has 122 valence electrons. The highest BCUT2D eigenvalue weighted by Crippen LogP contribution is 2.25. The van der Waals surface area contributed by atoms with Crippen LogP contribution in [0.4, 0.5) is 0 Å². The summed E-state index contributed by atoms with van der Waals surface area (Å²) in [6, 6.07) is 24.8. The van der Waals surface area contributed by atoms with Crippen molar-refractivity contribution in [3.05, 3.63) is 102 Å². The van der Waals surface area contributed by atoms with Gasteiger partial charge in [-0.05, 0) is 55.0 Å². The largest absolute Gasteiger partial charge is 0.457 e. The second kappa shape index (κ2) is 6.29. The Labute approximate surface area is 146 Å². The molecule has 0 atom stereocenters. The Hall–Kier alpha value is -3.33. The number of carbonyl (C=O) groups excluding carboxylic acids is 1. The second-order valence-corrected chi connectivity index (χ2v) is 5.94. The topological polar surface area (TPSA) is 30.7 Å². The highest BCUT2D eigenvalue weighted by molar-refractivity contribution is 6.09. The molecule has 0 fully saturated rings. The van der Waals surface area contributed by atoms with E-state index in [-0.39, 0.29) is 5.78 Å². The van der Waals surface area contributed by atoms with Gasteiger partial charge in [0.15, 0.2) is 0 Å².